The van der Waals surface area contributed by atoms with E-state index >= 15 is 0 Å². The molecule has 3 rings (SSSR count). The molecule has 0 radical (unpaired) electrons. The summed E-state index contributed by atoms with van der Waals surface area (Å²) in [6.07, 6.45) is 3.20. The molecule has 1 nitrogen and oxygen atoms in total. The Labute approximate surface area is 122 Å². The lowest BCUT2D eigenvalue weighted by Crippen LogP contribution is -2.16. The Bertz CT molecular complexity index is 702. The van der Waals surface area contributed by atoms with E-state index in [1.165, 1.54) is 13.0 Å². The topological polar surface area (TPSA) is 17.1 Å². The number of rotatable bonds is 3. The van der Waals surface area contributed by atoms with Gasteiger partial charge in [0.05, 0.1) is 5.56 Å². The molecule has 0 saturated heterocycles. The van der Waals surface area contributed by atoms with E-state index < -0.39 is 23.0 Å². The zero-order valence-electron chi connectivity index (χ0n) is 11.8. The van der Waals surface area contributed by atoms with Crippen LogP contribution in [0.1, 0.15) is 52.2 Å². The van der Waals surface area contributed by atoms with Gasteiger partial charge in [-0.2, -0.15) is 0 Å². The van der Waals surface area contributed by atoms with Gasteiger partial charge in [-0.1, -0.05) is 36.8 Å². The summed E-state index contributed by atoms with van der Waals surface area (Å²) >= 11 is 0. The van der Waals surface area contributed by atoms with Gasteiger partial charge >= 0.3 is 0 Å². The van der Waals surface area contributed by atoms with Crippen molar-refractivity contribution in [3.05, 3.63) is 70.3 Å². The predicted octanol–water partition coefficient (Wildman–Crippen LogP) is 4.77. The van der Waals surface area contributed by atoms with Gasteiger partial charge < -0.3 is 0 Å². The molecule has 0 amide bonds. The van der Waals surface area contributed by atoms with E-state index in [2.05, 4.69) is 0 Å². The monoisotopic (exact) mass is 286 g/mol. The minimum atomic E-state index is -0.800. The number of carbonyl (C=O) groups excluding carboxylic acids is 1. The summed E-state index contributed by atoms with van der Waals surface area (Å²) < 4.78 is 28.1. The van der Waals surface area contributed by atoms with E-state index in [0.717, 1.165) is 30.9 Å². The summed E-state index contributed by atoms with van der Waals surface area (Å²) in [6.45, 7) is 1.53. The zero-order valence-corrected chi connectivity index (χ0v) is 11.8. The van der Waals surface area contributed by atoms with Crippen LogP contribution in [0.2, 0.25) is 0 Å². The standard InChI is InChI=1S/C18H16F2O/c1-11-9-10-15(19)16(17(11)20)18(21)14-8-3-2-7-13(14)12-5-4-6-12/h2-3,7-10,12H,4-6H2,1H3. The second-order valence-electron chi connectivity index (χ2n) is 5.60. The maximum atomic E-state index is 14.2. The summed E-state index contributed by atoms with van der Waals surface area (Å²) in [4.78, 5) is 12.6. The molecule has 0 aromatic heterocycles. The molecule has 1 saturated carbocycles. The molecule has 108 valence electrons. The summed E-state index contributed by atoms with van der Waals surface area (Å²) in [7, 11) is 0. The van der Waals surface area contributed by atoms with E-state index in [9.17, 15) is 13.6 Å². The van der Waals surface area contributed by atoms with E-state index in [1.807, 2.05) is 12.1 Å². The van der Waals surface area contributed by atoms with Gasteiger partial charge in [0.1, 0.15) is 11.6 Å². The Morgan fingerprint density at radius 3 is 2.48 bits per heavy atom. The number of halogens is 2. The van der Waals surface area contributed by atoms with E-state index in [1.54, 1.807) is 12.1 Å². The van der Waals surface area contributed by atoms with Crippen molar-refractivity contribution in [1.82, 2.24) is 0 Å². The Morgan fingerprint density at radius 2 is 1.81 bits per heavy atom. The first-order chi connectivity index (χ1) is 10.1. The van der Waals surface area contributed by atoms with Crippen LogP contribution in [0.5, 0.6) is 0 Å². The third kappa shape index (κ3) is 2.37. The molecule has 0 heterocycles. The molecular weight excluding hydrogens is 270 g/mol. The molecule has 0 unspecified atom stereocenters. The van der Waals surface area contributed by atoms with Crippen LogP contribution in [0.15, 0.2) is 36.4 Å². The summed E-state index contributed by atoms with van der Waals surface area (Å²) in [5, 5.41) is 0. The Morgan fingerprint density at radius 1 is 1.10 bits per heavy atom. The second-order valence-corrected chi connectivity index (χ2v) is 5.60. The van der Waals surface area contributed by atoms with Gasteiger partial charge in [0.2, 0.25) is 0 Å². The molecule has 2 aromatic carbocycles. The SMILES string of the molecule is Cc1ccc(F)c(C(=O)c2ccccc2C2CCC2)c1F. The average Bonchev–Trinajstić information content (AvgIpc) is 2.42. The minimum Gasteiger partial charge on any atom is -0.288 e. The molecule has 1 fully saturated rings. The summed E-state index contributed by atoms with van der Waals surface area (Å²) in [6, 6.07) is 9.66. The lowest BCUT2D eigenvalue weighted by Gasteiger charge is -2.27. The first kappa shape index (κ1) is 13.9. The lowest BCUT2D eigenvalue weighted by molar-refractivity contribution is 0.102. The van der Waals surface area contributed by atoms with Gasteiger partial charge in [-0.25, -0.2) is 8.78 Å². The molecule has 0 atom stereocenters. The molecule has 0 bridgehead atoms. The quantitative estimate of drug-likeness (QED) is 0.743. The van der Waals surface area contributed by atoms with Crippen LogP contribution in [0.4, 0.5) is 8.78 Å². The molecule has 1 aliphatic carbocycles. The normalized spacial score (nSPS) is 14.8. The smallest absolute Gasteiger partial charge is 0.199 e. The minimum absolute atomic E-state index is 0.279. The van der Waals surface area contributed by atoms with Crippen molar-refractivity contribution in [1.29, 1.82) is 0 Å². The van der Waals surface area contributed by atoms with Crippen molar-refractivity contribution in [3.63, 3.8) is 0 Å². The van der Waals surface area contributed by atoms with E-state index in [-0.39, 0.29) is 5.56 Å². The van der Waals surface area contributed by atoms with Crippen LogP contribution < -0.4 is 0 Å². The number of carbonyl (C=O) groups is 1. The van der Waals surface area contributed by atoms with Crippen molar-refractivity contribution in [2.75, 3.05) is 0 Å². The van der Waals surface area contributed by atoms with Crippen LogP contribution in [0.3, 0.4) is 0 Å². The van der Waals surface area contributed by atoms with Gasteiger partial charge in [-0.05, 0) is 42.9 Å². The van der Waals surface area contributed by atoms with Gasteiger partial charge in [0, 0.05) is 5.56 Å². The fraction of sp³-hybridized carbons (Fsp3) is 0.278. The molecule has 3 heteroatoms. The largest absolute Gasteiger partial charge is 0.288 e. The van der Waals surface area contributed by atoms with Gasteiger partial charge in [0.25, 0.3) is 0 Å². The van der Waals surface area contributed by atoms with Gasteiger partial charge in [-0.15, -0.1) is 0 Å². The first-order valence-electron chi connectivity index (χ1n) is 7.18. The maximum absolute atomic E-state index is 14.2. The number of aryl methyl sites for hydroxylation is 1. The zero-order chi connectivity index (χ0) is 15.0. The predicted molar refractivity (Wildman–Crippen MR) is 77.6 cm³/mol. The Balaban J connectivity index is 2.10. The lowest BCUT2D eigenvalue weighted by atomic mass is 9.77. The number of hydrogen-bond donors (Lipinski definition) is 0. The fourth-order valence-electron chi connectivity index (χ4n) is 2.78. The Hall–Kier alpha value is -2.03. The molecule has 0 aliphatic heterocycles. The molecular formula is C18H16F2O. The highest BCUT2D eigenvalue weighted by Crippen LogP contribution is 2.38. The number of ketones is 1. The van der Waals surface area contributed by atoms with Gasteiger partial charge in [0.15, 0.2) is 5.78 Å². The summed E-state index contributed by atoms with van der Waals surface area (Å²) in [5.74, 6) is -1.78. The van der Waals surface area contributed by atoms with Crippen molar-refractivity contribution in [2.24, 2.45) is 0 Å². The Kier molecular flexibility index (Phi) is 3.58. The fourth-order valence-corrected chi connectivity index (χ4v) is 2.78. The van der Waals surface area contributed by atoms with E-state index in [4.69, 9.17) is 0 Å². The van der Waals surface area contributed by atoms with Crippen molar-refractivity contribution in [2.45, 2.75) is 32.1 Å². The van der Waals surface area contributed by atoms with Crippen LogP contribution in [-0.2, 0) is 0 Å². The van der Waals surface area contributed by atoms with Gasteiger partial charge in [-0.3, -0.25) is 4.79 Å². The first-order valence-corrected chi connectivity index (χ1v) is 7.18. The maximum Gasteiger partial charge on any atom is 0.199 e. The highest BCUT2D eigenvalue weighted by molar-refractivity contribution is 6.10. The highest BCUT2D eigenvalue weighted by Gasteiger charge is 2.27. The molecule has 2 aromatic rings. The van der Waals surface area contributed by atoms with Crippen molar-refractivity contribution in [3.8, 4) is 0 Å². The summed E-state index contributed by atoms with van der Waals surface area (Å²) in [5.41, 5.74) is 1.17. The third-order valence-electron chi connectivity index (χ3n) is 4.26. The number of hydrogen-bond acceptors (Lipinski definition) is 1. The molecule has 0 N–H and O–H groups in total. The van der Waals surface area contributed by atoms with Crippen LogP contribution in [-0.4, -0.2) is 5.78 Å². The molecule has 21 heavy (non-hydrogen) atoms. The number of benzene rings is 2. The average molecular weight is 286 g/mol. The van der Waals surface area contributed by atoms with Crippen LogP contribution in [0, 0.1) is 18.6 Å². The van der Waals surface area contributed by atoms with Crippen LogP contribution in [0.25, 0.3) is 0 Å². The third-order valence-corrected chi connectivity index (χ3v) is 4.26. The van der Waals surface area contributed by atoms with Crippen molar-refractivity contribution < 1.29 is 13.6 Å². The molecule has 0 spiro atoms. The van der Waals surface area contributed by atoms with Crippen molar-refractivity contribution >= 4 is 5.78 Å². The highest BCUT2D eigenvalue weighted by atomic mass is 19.1. The van der Waals surface area contributed by atoms with Crippen LogP contribution >= 0.6 is 0 Å². The van der Waals surface area contributed by atoms with E-state index in [0.29, 0.717) is 11.5 Å². The molecule has 1 aliphatic rings. The second kappa shape index (κ2) is 5.40.